The Morgan fingerprint density at radius 3 is 2.50 bits per heavy atom. The van der Waals surface area contributed by atoms with Gasteiger partial charge in [0.1, 0.15) is 10.6 Å². The average Bonchev–Trinajstić information content (AvgIpc) is 2.55. The van der Waals surface area contributed by atoms with Crippen LogP contribution in [0.2, 0.25) is 0 Å². The Hall–Kier alpha value is -2.40. The molecule has 1 heterocycles. The lowest BCUT2D eigenvalue weighted by atomic mass is 10.1. The van der Waals surface area contributed by atoms with Crippen molar-refractivity contribution in [2.24, 2.45) is 0 Å². The third-order valence-corrected chi connectivity index (χ3v) is 5.69. The quantitative estimate of drug-likeness (QED) is 0.723. The Labute approximate surface area is 142 Å². The van der Waals surface area contributed by atoms with E-state index in [1.165, 1.54) is 7.11 Å². The van der Waals surface area contributed by atoms with Gasteiger partial charge >= 0.3 is 0 Å². The van der Waals surface area contributed by atoms with Crippen molar-refractivity contribution in [2.45, 2.75) is 24.5 Å². The van der Waals surface area contributed by atoms with Crippen molar-refractivity contribution in [3.05, 3.63) is 65.4 Å². The van der Waals surface area contributed by atoms with E-state index < -0.39 is 9.84 Å². The molecule has 0 fully saturated rings. The molecule has 3 rings (SSSR count). The summed E-state index contributed by atoms with van der Waals surface area (Å²) in [5.74, 6) is 0.294. The molecular formula is C19H19NO3S. The third kappa shape index (κ3) is 2.99. The van der Waals surface area contributed by atoms with E-state index in [1.807, 2.05) is 50.2 Å². The maximum absolute atomic E-state index is 13.0. The van der Waals surface area contributed by atoms with Gasteiger partial charge in [0.25, 0.3) is 0 Å². The molecule has 0 unspecified atom stereocenters. The minimum atomic E-state index is -3.55. The number of hydrogen-bond donors (Lipinski definition) is 0. The van der Waals surface area contributed by atoms with Crippen LogP contribution in [0.1, 0.15) is 16.8 Å². The van der Waals surface area contributed by atoms with Crippen LogP contribution >= 0.6 is 0 Å². The van der Waals surface area contributed by atoms with E-state index in [4.69, 9.17) is 4.74 Å². The highest BCUT2D eigenvalue weighted by atomic mass is 32.2. The van der Waals surface area contributed by atoms with Crippen LogP contribution in [0.4, 0.5) is 0 Å². The van der Waals surface area contributed by atoms with Crippen molar-refractivity contribution < 1.29 is 13.2 Å². The molecule has 5 heteroatoms. The Balaban J connectivity index is 2.11. The first-order valence-corrected chi connectivity index (χ1v) is 9.29. The van der Waals surface area contributed by atoms with Crippen molar-refractivity contribution in [3.8, 4) is 5.75 Å². The molecule has 0 aliphatic rings. The second kappa shape index (κ2) is 6.24. The van der Waals surface area contributed by atoms with Crippen LogP contribution in [-0.4, -0.2) is 20.5 Å². The first kappa shape index (κ1) is 16.5. The second-order valence-electron chi connectivity index (χ2n) is 5.81. The molecular weight excluding hydrogens is 322 g/mol. The first-order valence-electron chi connectivity index (χ1n) is 7.64. The van der Waals surface area contributed by atoms with Gasteiger partial charge in [-0.25, -0.2) is 8.42 Å². The SMILES string of the molecule is COc1c(C)cccc1S(=O)(=O)Cc1cccc2ccc(C)nc12. The van der Waals surface area contributed by atoms with Gasteiger partial charge < -0.3 is 4.74 Å². The van der Waals surface area contributed by atoms with Gasteiger partial charge in [-0.2, -0.15) is 0 Å². The molecule has 0 bridgehead atoms. The minimum Gasteiger partial charge on any atom is -0.495 e. The fourth-order valence-electron chi connectivity index (χ4n) is 2.84. The van der Waals surface area contributed by atoms with E-state index in [2.05, 4.69) is 4.98 Å². The molecule has 4 nitrogen and oxygen atoms in total. The Morgan fingerprint density at radius 2 is 1.75 bits per heavy atom. The highest BCUT2D eigenvalue weighted by Gasteiger charge is 2.22. The lowest BCUT2D eigenvalue weighted by molar-refractivity contribution is 0.399. The number of aromatic nitrogens is 1. The number of aryl methyl sites for hydroxylation is 2. The summed E-state index contributed by atoms with van der Waals surface area (Å²) in [6, 6.07) is 14.6. The number of benzene rings is 2. The van der Waals surface area contributed by atoms with Crippen molar-refractivity contribution in [1.29, 1.82) is 0 Å². The maximum atomic E-state index is 13.0. The van der Waals surface area contributed by atoms with Crippen LogP contribution in [-0.2, 0) is 15.6 Å². The van der Waals surface area contributed by atoms with Crippen LogP contribution in [0.25, 0.3) is 10.9 Å². The van der Waals surface area contributed by atoms with Crippen LogP contribution in [0.5, 0.6) is 5.75 Å². The molecule has 3 aromatic rings. The lowest BCUT2D eigenvalue weighted by Gasteiger charge is -2.13. The van der Waals surface area contributed by atoms with Crippen molar-refractivity contribution in [1.82, 2.24) is 4.98 Å². The molecule has 0 amide bonds. The van der Waals surface area contributed by atoms with Crippen LogP contribution in [0.15, 0.2) is 53.4 Å². The number of pyridine rings is 1. The van der Waals surface area contributed by atoms with Crippen LogP contribution in [0, 0.1) is 13.8 Å². The zero-order valence-electron chi connectivity index (χ0n) is 13.9. The molecule has 0 atom stereocenters. The normalized spacial score (nSPS) is 11.6. The molecule has 0 spiro atoms. The van der Waals surface area contributed by atoms with Gasteiger partial charge in [-0.05, 0) is 37.1 Å². The summed E-state index contributed by atoms with van der Waals surface area (Å²) in [6.07, 6.45) is 0. The Kier molecular flexibility index (Phi) is 4.28. The van der Waals surface area contributed by atoms with Gasteiger partial charge in [-0.15, -0.1) is 0 Å². The summed E-state index contributed by atoms with van der Waals surface area (Å²) in [7, 11) is -2.06. The van der Waals surface area contributed by atoms with E-state index in [-0.39, 0.29) is 10.6 Å². The summed E-state index contributed by atoms with van der Waals surface area (Å²) in [4.78, 5) is 4.74. The predicted molar refractivity (Wildman–Crippen MR) is 95.1 cm³/mol. The highest BCUT2D eigenvalue weighted by Crippen LogP contribution is 2.31. The van der Waals surface area contributed by atoms with Crippen molar-refractivity contribution in [2.75, 3.05) is 7.11 Å². The number of methoxy groups -OCH3 is 1. The zero-order valence-corrected chi connectivity index (χ0v) is 14.7. The van der Waals surface area contributed by atoms with Gasteiger partial charge in [0.05, 0.1) is 18.4 Å². The van der Waals surface area contributed by atoms with Crippen LogP contribution in [0.3, 0.4) is 0 Å². The van der Waals surface area contributed by atoms with Gasteiger partial charge in [-0.3, -0.25) is 4.98 Å². The van der Waals surface area contributed by atoms with Gasteiger partial charge in [0.15, 0.2) is 9.84 Å². The largest absolute Gasteiger partial charge is 0.495 e. The molecule has 0 aliphatic heterocycles. The monoisotopic (exact) mass is 341 g/mol. The van der Waals surface area contributed by atoms with Gasteiger partial charge in [-0.1, -0.05) is 36.4 Å². The number of nitrogens with zero attached hydrogens (tertiary/aromatic N) is 1. The Bertz CT molecular complexity index is 1010. The van der Waals surface area contributed by atoms with E-state index in [0.29, 0.717) is 11.3 Å². The minimum absolute atomic E-state index is 0.111. The summed E-state index contributed by atoms with van der Waals surface area (Å²) >= 11 is 0. The predicted octanol–water partition coefficient (Wildman–Crippen LogP) is 3.83. The summed E-state index contributed by atoms with van der Waals surface area (Å²) in [5, 5.41) is 0.935. The standard InChI is InChI=1S/C19H19NO3S/c1-13-6-4-9-17(19(13)23-3)24(21,22)12-16-8-5-7-15-11-10-14(2)20-18(15)16/h4-11H,12H2,1-3H3. The second-order valence-corrected chi connectivity index (χ2v) is 7.76. The third-order valence-electron chi connectivity index (χ3n) is 4.00. The van der Waals surface area contributed by atoms with Gasteiger partial charge in [0, 0.05) is 11.1 Å². The molecule has 24 heavy (non-hydrogen) atoms. The summed E-state index contributed by atoms with van der Waals surface area (Å²) < 4.78 is 31.2. The van der Waals surface area contributed by atoms with Crippen LogP contribution < -0.4 is 4.74 Å². The molecule has 124 valence electrons. The van der Waals surface area contributed by atoms with E-state index in [1.54, 1.807) is 12.1 Å². The molecule has 0 saturated carbocycles. The molecule has 0 N–H and O–H groups in total. The van der Waals surface area contributed by atoms with E-state index in [0.717, 1.165) is 22.2 Å². The highest BCUT2D eigenvalue weighted by molar-refractivity contribution is 7.90. The molecule has 1 aromatic heterocycles. The maximum Gasteiger partial charge on any atom is 0.186 e. The molecule has 2 aromatic carbocycles. The number of rotatable bonds is 4. The zero-order chi connectivity index (χ0) is 17.3. The summed E-state index contributed by atoms with van der Waals surface area (Å²) in [5.41, 5.74) is 3.08. The summed E-state index contributed by atoms with van der Waals surface area (Å²) in [6.45, 7) is 3.73. The fourth-order valence-corrected chi connectivity index (χ4v) is 4.45. The molecule has 0 saturated heterocycles. The number of sulfone groups is 1. The van der Waals surface area contributed by atoms with Gasteiger partial charge in [0.2, 0.25) is 0 Å². The topological polar surface area (TPSA) is 56.3 Å². The number of para-hydroxylation sites is 2. The van der Waals surface area contributed by atoms with E-state index in [9.17, 15) is 8.42 Å². The van der Waals surface area contributed by atoms with Crippen molar-refractivity contribution >= 4 is 20.7 Å². The molecule has 0 radical (unpaired) electrons. The lowest BCUT2D eigenvalue weighted by Crippen LogP contribution is -2.08. The first-order chi connectivity index (χ1) is 11.4. The number of fused-ring (bicyclic) bond motifs is 1. The smallest absolute Gasteiger partial charge is 0.186 e. The van der Waals surface area contributed by atoms with Crippen molar-refractivity contribution in [3.63, 3.8) is 0 Å². The number of hydrogen-bond acceptors (Lipinski definition) is 4. The molecule has 0 aliphatic carbocycles. The Morgan fingerprint density at radius 1 is 1.00 bits per heavy atom. The number of ether oxygens (including phenoxy) is 1. The van der Waals surface area contributed by atoms with E-state index >= 15 is 0 Å². The average molecular weight is 341 g/mol. The fraction of sp³-hybridized carbons (Fsp3) is 0.211.